The molecule has 2 heteroatoms. The molecule has 2 N–H and O–H groups in total. The van der Waals surface area contributed by atoms with E-state index in [0.29, 0.717) is 0 Å². The molecule has 2 nitrogen and oxygen atoms in total. The summed E-state index contributed by atoms with van der Waals surface area (Å²) < 4.78 is 0. The van der Waals surface area contributed by atoms with E-state index >= 15 is 0 Å². The van der Waals surface area contributed by atoms with Crippen molar-refractivity contribution >= 4 is 0 Å². The average Bonchev–Trinajstić information content (AvgIpc) is 2.78. The molecule has 2 fully saturated rings. The monoisotopic (exact) mass is 224 g/mol. The Hall–Kier alpha value is -0.0800. The van der Waals surface area contributed by atoms with E-state index in [4.69, 9.17) is 5.73 Å². The predicted octanol–water partition coefficient (Wildman–Crippen LogP) is 2.34. The third kappa shape index (κ3) is 2.98. The maximum atomic E-state index is 5.71. The highest BCUT2D eigenvalue weighted by Gasteiger charge is 2.39. The van der Waals surface area contributed by atoms with E-state index in [0.717, 1.165) is 36.8 Å². The smallest absolute Gasteiger partial charge is 0.0105 e. The zero-order valence-electron chi connectivity index (χ0n) is 11.0. The first-order valence-corrected chi connectivity index (χ1v) is 7.11. The highest BCUT2D eigenvalue weighted by Crippen LogP contribution is 2.48. The fourth-order valence-corrected chi connectivity index (χ4v) is 3.89. The van der Waals surface area contributed by atoms with Gasteiger partial charge in [0.15, 0.2) is 0 Å². The summed E-state index contributed by atoms with van der Waals surface area (Å²) >= 11 is 0. The molecule has 16 heavy (non-hydrogen) atoms. The highest BCUT2D eigenvalue weighted by atomic mass is 15.1. The van der Waals surface area contributed by atoms with Gasteiger partial charge in [0.25, 0.3) is 0 Å². The van der Waals surface area contributed by atoms with Crippen molar-refractivity contribution in [2.24, 2.45) is 29.4 Å². The van der Waals surface area contributed by atoms with Gasteiger partial charge in [-0.1, -0.05) is 20.3 Å². The molecule has 0 aromatic rings. The van der Waals surface area contributed by atoms with Gasteiger partial charge in [0.05, 0.1) is 0 Å². The van der Waals surface area contributed by atoms with Crippen LogP contribution in [0.25, 0.3) is 0 Å². The van der Waals surface area contributed by atoms with Crippen molar-refractivity contribution in [2.45, 2.75) is 39.5 Å². The second-order valence-corrected chi connectivity index (χ2v) is 6.38. The molecule has 0 radical (unpaired) electrons. The first kappa shape index (κ1) is 12.4. The van der Waals surface area contributed by atoms with E-state index < -0.39 is 0 Å². The Morgan fingerprint density at radius 2 is 2.06 bits per heavy atom. The van der Waals surface area contributed by atoms with E-state index in [2.05, 4.69) is 18.7 Å². The summed E-state index contributed by atoms with van der Waals surface area (Å²) in [5, 5.41) is 0. The summed E-state index contributed by atoms with van der Waals surface area (Å²) in [5.74, 6) is 3.89. The fourth-order valence-electron chi connectivity index (χ4n) is 3.89. The topological polar surface area (TPSA) is 29.3 Å². The molecule has 2 saturated carbocycles. The lowest BCUT2D eigenvalue weighted by Crippen LogP contribution is -2.37. The zero-order valence-corrected chi connectivity index (χ0v) is 11.0. The van der Waals surface area contributed by atoms with E-state index in [1.165, 1.54) is 38.8 Å². The summed E-state index contributed by atoms with van der Waals surface area (Å²) in [4.78, 5) is 2.61. The van der Waals surface area contributed by atoms with Crippen LogP contribution in [0, 0.1) is 23.7 Å². The first-order valence-electron chi connectivity index (χ1n) is 7.11. The summed E-state index contributed by atoms with van der Waals surface area (Å²) in [5.41, 5.74) is 5.71. The summed E-state index contributed by atoms with van der Waals surface area (Å²) in [6.07, 6.45) is 6.06. The van der Waals surface area contributed by atoms with Gasteiger partial charge in [-0.25, -0.2) is 0 Å². The van der Waals surface area contributed by atoms with Crippen LogP contribution < -0.4 is 5.73 Å². The molecule has 2 aliphatic rings. The van der Waals surface area contributed by atoms with Crippen LogP contribution in [0.15, 0.2) is 0 Å². The minimum Gasteiger partial charge on any atom is -0.329 e. The molecule has 3 unspecified atom stereocenters. The Morgan fingerprint density at radius 3 is 2.56 bits per heavy atom. The fraction of sp³-hybridized carbons (Fsp3) is 1.00. The maximum absolute atomic E-state index is 5.71. The summed E-state index contributed by atoms with van der Waals surface area (Å²) in [6, 6.07) is 0. The molecule has 0 spiro atoms. The van der Waals surface area contributed by atoms with Crippen molar-refractivity contribution < 1.29 is 0 Å². The summed E-state index contributed by atoms with van der Waals surface area (Å²) in [6.45, 7) is 9.07. The van der Waals surface area contributed by atoms with Crippen molar-refractivity contribution in [3.63, 3.8) is 0 Å². The molecule has 3 atom stereocenters. The Balaban J connectivity index is 1.80. The van der Waals surface area contributed by atoms with Gasteiger partial charge in [0.1, 0.15) is 0 Å². The standard InChI is InChI=1S/C14H28N2/c1-11(2)9-16(6-5-15)10-14-8-12-3-4-13(14)7-12/h11-14H,3-10,15H2,1-2H3. The van der Waals surface area contributed by atoms with Crippen molar-refractivity contribution in [1.29, 1.82) is 0 Å². The van der Waals surface area contributed by atoms with Gasteiger partial charge in [-0.3, -0.25) is 0 Å². The first-order chi connectivity index (χ1) is 7.69. The Bertz CT molecular complexity index is 215. The second kappa shape index (κ2) is 5.50. The predicted molar refractivity (Wildman–Crippen MR) is 69.3 cm³/mol. The van der Waals surface area contributed by atoms with Crippen LogP contribution in [0.2, 0.25) is 0 Å². The molecule has 0 aromatic carbocycles. The minimum absolute atomic E-state index is 0.769. The maximum Gasteiger partial charge on any atom is 0.0105 e. The van der Waals surface area contributed by atoms with Crippen molar-refractivity contribution in [2.75, 3.05) is 26.2 Å². The number of nitrogens with zero attached hydrogens (tertiary/aromatic N) is 1. The molecular weight excluding hydrogens is 196 g/mol. The van der Waals surface area contributed by atoms with Crippen LogP contribution in [0.1, 0.15) is 39.5 Å². The second-order valence-electron chi connectivity index (χ2n) is 6.38. The number of rotatable bonds is 6. The molecule has 0 heterocycles. The van der Waals surface area contributed by atoms with Crippen LogP contribution in [-0.4, -0.2) is 31.1 Å². The van der Waals surface area contributed by atoms with E-state index in [1.807, 2.05) is 0 Å². The van der Waals surface area contributed by atoms with E-state index in [-0.39, 0.29) is 0 Å². The average molecular weight is 224 g/mol. The quantitative estimate of drug-likeness (QED) is 0.750. The van der Waals surface area contributed by atoms with Gasteiger partial charge in [-0.05, 0) is 42.9 Å². The lowest BCUT2D eigenvalue weighted by Gasteiger charge is -2.30. The third-order valence-corrected chi connectivity index (χ3v) is 4.45. The van der Waals surface area contributed by atoms with Gasteiger partial charge >= 0.3 is 0 Å². The highest BCUT2D eigenvalue weighted by molar-refractivity contribution is 4.91. The Labute approximate surface area is 101 Å². The lowest BCUT2D eigenvalue weighted by molar-refractivity contribution is 0.178. The summed E-state index contributed by atoms with van der Waals surface area (Å²) in [7, 11) is 0. The van der Waals surface area contributed by atoms with Gasteiger partial charge in [-0.2, -0.15) is 0 Å². The molecule has 2 bridgehead atoms. The molecule has 0 saturated heterocycles. The number of nitrogens with two attached hydrogens (primary N) is 1. The molecule has 2 aliphatic carbocycles. The van der Waals surface area contributed by atoms with Crippen molar-refractivity contribution in [3.05, 3.63) is 0 Å². The molecule has 0 aliphatic heterocycles. The molecule has 0 amide bonds. The zero-order chi connectivity index (χ0) is 11.5. The largest absolute Gasteiger partial charge is 0.329 e. The lowest BCUT2D eigenvalue weighted by atomic mass is 9.88. The van der Waals surface area contributed by atoms with Crippen LogP contribution in [0.5, 0.6) is 0 Å². The SMILES string of the molecule is CC(C)CN(CCN)CC1CC2CCC1C2. The molecular formula is C14H28N2. The number of fused-ring (bicyclic) bond motifs is 2. The van der Waals surface area contributed by atoms with Crippen LogP contribution in [0.4, 0.5) is 0 Å². The molecule has 94 valence electrons. The Morgan fingerprint density at radius 1 is 1.25 bits per heavy atom. The van der Waals surface area contributed by atoms with Crippen molar-refractivity contribution in [3.8, 4) is 0 Å². The number of hydrogen-bond donors (Lipinski definition) is 1. The van der Waals surface area contributed by atoms with E-state index in [1.54, 1.807) is 0 Å². The third-order valence-electron chi connectivity index (χ3n) is 4.45. The van der Waals surface area contributed by atoms with E-state index in [9.17, 15) is 0 Å². The molecule has 2 rings (SSSR count). The Kier molecular flexibility index (Phi) is 4.26. The van der Waals surface area contributed by atoms with Crippen LogP contribution in [0.3, 0.4) is 0 Å². The van der Waals surface area contributed by atoms with Gasteiger partial charge in [0.2, 0.25) is 0 Å². The number of hydrogen-bond acceptors (Lipinski definition) is 2. The van der Waals surface area contributed by atoms with Gasteiger partial charge in [0, 0.05) is 26.2 Å². The molecule has 0 aromatic heterocycles. The van der Waals surface area contributed by atoms with Crippen molar-refractivity contribution in [1.82, 2.24) is 4.90 Å². The minimum atomic E-state index is 0.769. The van der Waals surface area contributed by atoms with Gasteiger partial charge < -0.3 is 10.6 Å². The van der Waals surface area contributed by atoms with Crippen LogP contribution >= 0.6 is 0 Å². The van der Waals surface area contributed by atoms with Crippen LogP contribution in [-0.2, 0) is 0 Å². The normalized spacial score (nSPS) is 33.2. The van der Waals surface area contributed by atoms with Gasteiger partial charge in [-0.15, -0.1) is 0 Å².